The summed E-state index contributed by atoms with van der Waals surface area (Å²) in [6.45, 7) is 1.39. The number of Topliss-reactive ketones (excluding diaryl/α,β-unsaturated/α-hetero) is 1. The molecule has 0 saturated carbocycles. The molecule has 2 aromatic rings. The number of rotatable bonds is 3. The second-order valence-electron chi connectivity index (χ2n) is 3.87. The van der Waals surface area contributed by atoms with E-state index in [4.69, 9.17) is 11.6 Å². The van der Waals surface area contributed by atoms with Crippen molar-refractivity contribution in [3.05, 3.63) is 38.3 Å². The van der Waals surface area contributed by atoms with Gasteiger partial charge < -0.3 is 4.74 Å². The van der Waals surface area contributed by atoms with Crippen molar-refractivity contribution < 1.29 is 14.3 Å². The van der Waals surface area contributed by atoms with Gasteiger partial charge in [-0.3, -0.25) is 4.79 Å². The molecule has 4 nitrogen and oxygen atoms in total. The van der Waals surface area contributed by atoms with E-state index >= 15 is 0 Å². The summed E-state index contributed by atoms with van der Waals surface area (Å²) >= 11 is 10.4. The molecule has 0 aliphatic heterocycles. The lowest BCUT2D eigenvalue weighted by atomic mass is 10.2. The molecule has 20 heavy (non-hydrogen) atoms. The highest BCUT2D eigenvalue weighted by atomic mass is 79.9. The van der Waals surface area contributed by atoms with E-state index in [1.54, 1.807) is 18.2 Å². The predicted octanol–water partition coefficient (Wildman–Crippen LogP) is 4.22. The summed E-state index contributed by atoms with van der Waals surface area (Å²) in [7, 11) is 1.25. The number of esters is 1. The van der Waals surface area contributed by atoms with Crippen LogP contribution < -0.4 is 0 Å². The Labute approximate surface area is 132 Å². The second-order valence-corrected chi connectivity index (χ2v) is 6.16. The standard InChI is InChI=1S/C13H9BrClNO3S/c1-6(17)11-10(13(18)19-2)16-12(20-11)8-4-3-7(15)5-9(8)14/h3-5H,1-2H3. The van der Waals surface area contributed by atoms with Crippen LogP contribution in [0.1, 0.15) is 27.1 Å². The molecule has 1 aromatic carbocycles. The van der Waals surface area contributed by atoms with Crippen LogP contribution in [0.2, 0.25) is 5.02 Å². The van der Waals surface area contributed by atoms with E-state index in [1.165, 1.54) is 14.0 Å². The molecule has 0 amide bonds. The van der Waals surface area contributed by atoms with Gasteiger partial charge in [-0.2, -0.15) is 0 Å². The van der Waals surface area contributed by atoms with E-state index in [0.29, 0.717) is 10.0 Å². The van der Waals surface area contributed by atoms with Gasteiger partial charge in [0.15, 0.2) is 11.5 Å². The first-order valence-corrected chi connectivity index (χ1v) is 7.48. The summed E-state index contributed by atoms with van der Waals surface area (Å²) in [5.74, 6) is -0.845. The van der Waals surface area contributed by atoms with Crippen LogP contribution >= 0.6 is 38.9 Å². The number of hydrogen-bond acceptors (Lipinski definition) is 5. The molecule has 104 valence electrons. The molecule has 0 N–H and O–H groups in total. The zero-order valence-corrected chi connectivity index (χ0v) is 13.7. The fraction of sp³-hybridized carbons (Fsp3) is 0.154. The minimum atomic E-state index is -0.622. The van der Waals surface area contributed by atoms with Crippen LogP contribution in [0.5, 0.6) is 0 Å². The van der Waals surface area contributed by atoms with Crippen LogP contribution in [0.4, 0.5) is 0 Å². The van der Waals surface area contributed by atoms with Crippen molar-refractivity contribution in [1.29, 1.82) is 0 Å². The minimum absolute atomic E-state index is 0.0434. The van der Waals surface area contributed by atoms with Crippen molar-refractivity contribution >= 4 is 50.6 Å². The lowest BCUT2D eigenvalue weighted by molar-refractivity contribution is 0.0591. The molecule has 0 aliphatic rings. The maximum absolute atomic E-state index is 11.7. The number of halogens is 2. The topological polar surface area (TPSA) is 56.3 Å². The SMILES string of the molecule is COC(=O)c1nc(-c2ccc(Cl)cc2Br)sc1C(C)=O. The molecular formula is C13H9BrClNO3S. The van der Waals surface area contributed by atoms with Crippen LogP contribution in [-0.2, 0) is 4.74 Å². The van der Waals surface area contributed by atoms with E-state index in [2.05, 4.69) is 25.7 Å². The van der Waals surface area contributed by atoms with Crippen LogP contribution in [0.15, 0.2) is 22.7 Å². The Morgan fingerprint density at radius 2 is 2.10 bits per heavy atom. The minimum Gasteiger partial charge on any atom is -0.464 e. The van der Waals surface area contributed by atoms with Crippen LogP contribution in [0, 0.1) is 0 Å². The lowest BCUT2D eigenvalue weighted by Crippen LogP contribution is -2.06. The van der Waals surface area contributed by atoms with Crippen molar-refractivity contribution in [2.75, 3.05) is 7.11 Å². The Morgan fingerprint density at radius 1 is 1.40 bits per heavy atom. The summed E-state index contributed by atoms with van der Waals surface area (Å²) in [5, 5.41) is 1.14. The normalized spacial score (nSPS) is 10.4. The fourth-order valence-electron chi connectivity index (χ4n) is 1.57. The third-order valence-electron chi connectivity index (χ3n) is 2.49. The van der Waals surface area contributed by atoms with E-state index in [9.17, 15) is 9.59 Å². The highest BCUT2D eigenvalue weighted by Gasteiger charge is 2.23. The molecule has 0 radical (unpaired) electrons. The molecule has 0 atom stereocenters. The molecule has 0 saturated heterocycles. The maximum Gasteiger partial charge on any atom is 0.358 e. The van der Waals surface area contributed by atoms with E-state index in [1.807, 2.05) is 0 Å². The van der Waals surface area contributed by atoms with E-state index < -0.39 is 5.97 Å². The van der Waals surface area contributed by atoms with E-state index in [-0.39, 0.29) is 16.4 Å². The first-order chi connectivity index (χ1) is 9.43. The van der Waals surface area contributed by atoms with Crippen molar-refractivity contribution in [3.63, 3.8) is 0 Å². The van der Waals surface area contributed by atoms with Crippen molar-refractivity contribution in [2.45, 2.75) is 6.92 Å². The Kier molecular flexibility index (Phi) is 4.57. The Morgan fingerprint density at radius 3 is 2.65 bits per heavy atom. The number of thiazole rings is 1. The monoisotopic (exact) mass is 373 g/mol. The van der Waals surface area contributed by atoms with Gasteiger partial charge in [0.1, 0.15) is 9.88 Å². The third-order valence-corrected chi connectivity index (χ3v) is 4.57. The van der Waals surface area contributed by atoms with Crippen LogP contribution in [0.3, 0.4) is 0 Å². The lowest BCUT2D eigenvalue weighted by Gasteiger charge is -2.00. The number of nitrogens with zero attached hydrogens (tertiary/aromatic N) is 1. The zero-order valence-electron chi connectivity index (χ0n) is 10.6. The van der Waals surface area contributed by atoms with Gasteiger partial charge >= 0.3 is 5.97 Å². The molecule has 2 rings (SSSR count). The number of methoxy groups -OCH3 is 1. The Balaban J connectivity index is 2.58. The molecule has 0 aliphatic carbocycles. The summed E-state index contributed by atoms with van der Waals surface area (Å²) in [6, 6.07) is 5.22. The van der Waals surface area contributed by atoms with Gasteiger partial charge in [-0.1, -0.05) is 27.5 Å². The molecule has 0 unspecified atom stereocenters. The summed E-state index contributed by atoms with van der Waals surface area (Å²) < 4.78 is 5.39. The average molecular weight is 375 g/mol. The Hall–Kier alpha value is -1.24. The van der Waals surface area contributed by atoms with Crippen molar-refractivity contribution in [2.24, 2.45) is 0 Å². The van der Waals surface area contributed by atoms with Gasteiger partial charge in [0.2, 0.25) is 0 Å². The summed E-state index contributed by atoms with van der Waals surface area (Å²) in [6.07, 6.45) is 0. The van der Waals surface area contributed by atoms with E-state index in [0.717, 1.165) is 21.4 Å². The Bertz CT molecular complexity index is 699. The first-order valence-electron chi connectivity index (χ1n) is 5.49. The van der Waals surface area contributed by atoms with Gasteiger partial charge in [0.25, 0.3) is 0 Å². The number of ether oxygens (including phenoxy) is 1. The molecule has 1 heterocycles. The zero-order chi connectivity index (χ0) is 14.9. The smallest absolute Gasteiger partial charge is 0.358 e. The number of carbonyl (C=O) groups excluding carboxylic acids is 2. The van der Waals surface area contributed by atoms with Crippen molar-refractivity contribution in [3.8, 4) is 10.6 Å². The average Bonchev–Trinajstić information content (AvgIpc) is 2.82. The molecule has 0 spiro atoms. The number of carbonyl (C=O) groups is 2. The van der Waals surface area contributed by atoms with Gasteiger partial charge in [0.05, 0.1) is 7.11 Å². The number of ketones is 1. The molecule has 7 heteroatoms. The quantitative estimate of drug-likeness (QED) is 0.596. The second kappa shape index (κ2) is 6.03. The predicted molar refractivity (Wildman–Crippen MR) is 81.6 cm³/mol. The number of aromatic nitrogens is 1. The van der Waals surface area contributed by atoms with Gasteiger partial charge in [-0.25, -0.2) is 9.78 Å². The summed E-state index contributed by atoms with van der Waals surface area (Å²) in [4.78, 5) is 27.8. The highest BCUT2D eigenvalue weighted by molar-refractivity contribution is 9.10. The van der Waals surface area contributed by atoms with Gasteiger partial charge in [0, 0.05) is 22.0 Å². The molecule has 0 bridgehead atoms. The molecular weight excluding hydrogens is 366 g/mol. The van der Waals surface area contributed by atoms with Crippen LogP contribution in [-0.4, -0.2) is 23.8 Å². The van der Waals surface area contributed by atoms with Gasteiger partial charge in [-0.05, 0) is 18.2 Å². The first kappa shape index (κ1) is 15.2. The maximum atomic E-state index is 11.7. The number of hydrogen-bond donors (Lipinski definition) is 0. The van der Waals surface area contributed by atoms with Gasteiger partial charge in [-0.15, -0.1) is 11.3 Å². The fourth-order valence-corrected chi connectivity index (χ4v) is 3.56. The molecule has 0 fully saturated rings. The third kappa shape index (κ3) is 2.92. The van der Waals surface area contributed by atoms with Crippen LogP contribution in [0.25, 0.3) is 10.6 Å². The number of benzene rings is 1. The molecule has 1 aromatic heterocycles. The van der Waals surface area contributed by atoms with Crippen molar-refractivity contribution in [1.82, 2.24) is 4.98 Å². The highest BCUT2D eigenvalue weighted by Crippen LogP contribution is 2.35. The largest absolute Gasteiger partial charge is 0.464 e. The summed E-state index contributed by atoms with van der Waals surface area (Å²) in [5.41, 5.74) is 0.805.